The second-order valence-corrected chi connectivity index (χ2v) is 6.15. The summed E-state index contributed by atoms with van der Waals surface area (Å²) in [7, 11) is -3.79. The number of hydrogen-bond donors (Lipinski definition) is 1. The molecule has 1 aliphatic rings. The Labute approximate surface area is 105 Å². The highest BCUT2D eigenvalue weighted by molar-refractivity contribution is 7.89. The van der Waals surface area contributed by atoms with E-state index >= 15 is 0 Å². The Balaban J connectivity index is 2.43. The molecule has 1 fully saturated rings. The first-order valence-electron chi connectivity index (χ1n) is 5.61. The Hall–Kier alpha value is -1.47. The molecule has 0 spiro atoms. The van der Waals surface area contributed by atoms with Gasteiger partial charge in [0.15, 0.2) is 0 Å². The van der Waals surface area contributed by atoms with Gasteiger partial charge in [0.25, 0.3) is 0 Å². The molecular weight excluding hydrogens is 256 g/mol. The van der Waals surface area contributed by atoms with E-state index in [0.29, 0.717) is 12.8 Å². The fourth-order valence-corrected chi connectivity index (χ4v) is 4.02. The summed E-state index contributed by atoms with van der Waals surface area (Å²) in [6, 6.07) is 1.65. The number of carboxylic acid groups (broad SMARTS) is 1. The number of aliphatic carboxylic acids is 1. The van der Waals surface area contributed by atoms with E-state index in [1.54, 1.807) is 6.92 Å². The zero-order valence-corrected chi connectivity index (χ0v) is 10.7. The van der Waals surface area contributed by atoms with Crippen molar-refractivity contribution in [1.82, 2.24) is 9.29 Å². The SMILES string of the molecule is C[C@@H]1CC[C@H](C(=O)O)N1S(=O)(=O)c1cccnc1. The first kappa shape index (κ1) is 13.0. The average Bonchev–Trinajstić information content (AvgIpc) is 2.73. The van der Waals surface area contributed by atoms with Crippen molar-refractivity contribution in [3.63, 3.8) is 0 Å². The highest BCUT2D eigenvalue weighted by atomic mass is 32.2. The van der Waals surface area contributed by atoms with Gasteiger partial charge in [-0.2, -0.15) is 4.31 Å². The van der Waals surface area contributed by atoms with Gasteiger partial charge in [0.2, 0.25) is 10.0 Å². The molecule has 0 unspecified atom stereocenters. The predicted molar refractivity (Wildman–Crippen MR) is 63.4 cm³/mol. The molecule has 0 saturated carbocycles. The highest BCUT2D eigenvalue weighted by Gasteiger charge is 2.43. The minimum Gasteiger partial charge on any atom is -0.480 e. The smallest absolute Gasteiger partial charge is 0.322 e. The lowest BCUT2D eigenvalue weighted by Gasteiger charge is -2.24. The van der Waals surface area contributed by atoms with Crippen molar-refractivity contribution in [2.24, 2.45) is 0 Å². The van der Waals surface area contributed by atoms with Gasteiger partial charge < -0.3 is 5.11 Å². The van der Waals surface area contributed by atoms with E-state index in [-0.39, 0.29) is 10.9 Å². The lowest BCUT2D eigenvalue weighted by atomic mass is 10.2. The van der Waals surface area contributed by atoms with Crippen LogP contribution < -0.4 is 0 Å². The van der Waals surface area contributed by atoms with Crippen LogP contribution in [0.2, 0.25) is 0 Å². The van der Waals surface area contributed by atoms with Crippen molar-refractivity contribution in [2.45, 2.75) is 36.7 Å². The van der Waals surface area contributed by atoms with Crippen LogP contribution >= 0.6 is 0 Å². The van der Waals surface area contributed by atoms with Gasteiger partial charge in [-0.05, 0) is 31.9 Å². The number of carboxylic acids is 1. The van der Waals surface area contributed by atoms with Crippen LogP contribution in [0, 0.1) is 0 Å². The second kappa shape index (κ2) is 4.66. The van der Waals surface area contributed by atoms with Gasteiger partial charge in [-0.1, -0.05) is 0 Å². The van der Waals surface area contributed by atoms with E-state index in [2.05, 4.69) is 4.98 Å². The molecule has 0 bridgehead atoms. The summed E-state index contributed by atoms with van der Waals surface area (Å²) in [4.78, 5) is 14.9. The van der Waals surface area contributed by atoms with Crippen molar-refractivity contribution in [1.29, 1.82) is 0 Å². The monoisotopic (exact) mass is 270 g/mol. The molecule has 0 radical (unpaired) electrons. The maximum atomic E-state index is 12.4. The molecule has 1 saturated heterocycles. The number of pyridine rings is 1. The van der Waals surface area contributed by atoms with E-state index < -0.39 is 22.0 Å². The third-order valence-electron chi connectivity index (χ3n) is 3.09. The molecule has 2 heterocycles. The van der Waals surface area contributed by atoms with Gasteiger partial charge in [0.05, 0.1) is 0 Å². The molecule has 18 heavy (non-hydrogen) atoms. The van der Waals surface area contributed by atoms with Gasteiger partial charge in [0.1, 0.15) is 10.9 Å². The van der Waals surface area contributed by atoms with E-state index in [9.17, 15) is 13.2 Å². The van der Waals surface area contributed by atoms with Crippen LogP contribution in [0.25, 0.3) is 0 Å². The molecule has 1 aliphatic heterocycles. The predicted octanol–water partition coefficient (Wildman–Crippen LogP) is 0.708. The minimum atomic E-state index is -3.79. The first-order valence-corrected chi connectivity index (χ1v) is 7.05. The van der Waals surface area contributed by atoms with Crippen LogP contribution in [0.1, 0.15) is 19.8 Å². The molecule has 7 heteroatoms. The van der Waals surface area contributed by atoms with Gasteiger partial charge >= 0.3 is 5.97 Å². The summed E-state index contributed by atoms with van der Waals surface area (Å²) in [5, 5.41) is 9.09. The van der Waals surface area contributed by atoms with Gasteiger partial charge in [-0.3, -0.25) is 9.78 Å². The van der Waals surface area contributed by atoms with Crippen molar-refractivity contribution < 1.29 is 18.3 Å². The zero-order valence-electron chi connectivity index (χ0n) is 9.85. The molecule has 98 valence electrons. The summed E-state index contributed by atoms with van der Waals surface area (Å²) in [5.41, 5.74) is 0. The molecule has 0 aromatic carbocycles. The van der Waals surface area contributed by atoms with E-state index in [1.165, 1.54) is 24.5 Å². The van der Waals surface area contributed by atoms with Crippen LogP contribution in [-0.2, 0) is 14.8 Å². The third kappa shape index (κ3) is 2.11. The summed E-state index contributed by atoms with van der Waals surface area (Å²) in [6.45, 7) is 1.72. The fourth-order valence-electron chi connectivity index (χ4n) is 2.22. The number of aromatic nitrogens is 1. The highest BCUT2D eigenvalue weighted by Crippen LogP contribution is 2.30. The number of nitrogens with zero attached hydrogens (tertiary/aromatic N) is 2. The van der Waals surface area contributed by atoms with Crippen molar-refractivity contribution >= 4 is 16.0 Å². The number of sulfonamides is 1. The summed E-state index contributed by atoms with van der Waals surface area (Å²) >= 11 is 0. The summed E-state index contributed by atoms with van der Waals surface area (Å²) in [5.74, 6) is -1.10. The molecule has 6 nitrogen and oxygen atoms in total. The summed E-state index contributed by atoms with van der Waals surface area (Å²) in [6.07, 6.45) is 3.60. The quantitative estimate of drug-likeness (QED) is 0.873. The normalized spacial score (nSPS) is 25.2. The van der Waals surface area contributed by atoms with Crippen LogP contribution in [0.5, 0.6) is 0 Å². The van der Waals surface area contributed by atoms with E-state index in [1.807, 2.05) is 0 Å². The minimum absolute atomic E-state index is 0.0324. The number of carbonyl (C=O) groups is 1. The Morgan fingerprint density at radius 2 is 2.22 bits per heavy atom. The zero-order chi connectivity index (χ0) is 13.3. The third-order valence-corrected chi connectivity index (χ3v) is 5.10. The Morgan fingerprint density at radius 1 is 1.50 bits per heavy atom. The molecule has 1 aromatic heterocycles. The Bertz CT molecular complexity index is 543. The second-order valence-electron chi connectivity index (χ2n) is 4.30. The lowest BCUT2D eigenvalue weighted by Crippen LogP contribution is -2.43. The maximum Gasteiger partial charge on any atom is 0.322 e. The molecule has 2 rings (SSSR count). The Kier molecular flexibility index (Phi) is 3.36. The molecule has 0 aliphatic carbocycles. The van der Waals surface area contributed by atoms with Gasteiger partial charge in [0, 0.05) is 18.4 Å². The van der Waals surface area contributed by atoms with Gasteiger partial charge in [-0.25, -0.2) is 8.42 Å². The molecule has 2 atom stereocenters. The van der Waals surface area contributed by atoms with Crippen molar-refractivity contribution in [3.8, 4) is 0 Å². The molecule has 1 N–H and O–H groups in total. The largest absolute Gasteiger partial charge is 0.480 e. The first-order chi connectivity index (χ1) is 8.44. The van der Waals surface area contributed by atoms with Crippen molar-refractivity contribution in [3.05, 3.63) is 24.5 Å². The lowest BCUT2D eigenvalue weighted by molar-refractivity contribution is -0.140. The standard InChI is InChI=1S/C11H14N2O4S/c1-8-4-5-10(11(14)15)13(8)18(16,17)9-3-2-6-12-7-9/h2-3,6-8,10H,4-5H2,1H3,(H,14,15)/t8-,10-/m1/s1. The van der Waals surface area contributed by atoms with Crippen LogP contribution in [0.4, 0.5) is 0 Å². The number of rotatable bonds is 3. The average molecular weight is 270 g/mol. The summed E-state index contributed by atoms with van der Waals surface area (Å²) < 4.78 is 25.8. The van der Waals surface area contributed by atoms with E-state index in [4.69, 9.17) is 5.11 Å². The van der Waals surface area contributed by atoms with Gasteiger partial charge in [-0.15, -0.1) is 0 Å². The maximum absolute atomic E-state index is 12.4. The van der Waals surface area contributed by atoms with Crippen LogP contribution in [0.15, 0.2) is 29.4 Å². The molecule has 1 aromatic rings. The molecule has 0 amide bonds. The fraction of sp³-hybridized carbons (Fsp3) is 0.455. The Morgan fingerprint density at radius 3 is 2.78 bits per heavy atom. The molecular formula is C11H14N2O4S. The van der Waals surface area contributed by atoms with Crippen LogP contribution in [0.3, 0.4) is 0 Å². The van der Waals surface area contributed by atoms with Crippen molar-refractivity contribution in [2.75, 3.05) is 0 Å². The van der Waals surface area contributed by atoms with E-state index in [0.717, 1.165) is 4.31 Å². The topological polar surface area (TPSA) is 87.6 Å². The number of hydrogen-bond acceptors (Lipinski definition) is 4. The van der Waals surface area contributed by atoms with Crippen LogP contribution in [-0.4, -0.2) is 40.9 Å².